The van der Waals surface area contributed by atoms with Gasteiger partial charge >= 0.3 is 6.03 Å². The van der Waals surface area contributed by atoms with Gasteiger partial charge in [0.1, 0.15) is 0 Å². The lowest BCUT2D eigenvalue weighted by atomic mass is 9.68. The van der Waals surface area contributed by atoms with Crippen LogP contribution in [0.3, 0.4) is 0 Å². The second-order valence-electron chi connectivity index (χ2n) is 7.54. The Morgan fingerprint density at radius 3 is 2.46 bits per heavy atom. The predicted octanol–water partition coefficient (Wildman–Crippen LogP) is 4.71. The molecule has 0 radical (unpaired) electrons. The number of rotatable bonds is 4. The number of halogens is 1. The van der Waals surface area contributed by atoms with Crippen LogP contribution in [0.15, 0.2) is 48.5 Å². The van der Waals surface area contributed by atoms with E-state index in [4.69, 9.17) is 11.6 Å². The minimum Gasteiger partial charge on any atom is -0.336 e. The standard InChI is InChI=1S/C22H24ClN3O2/c23-17-6-4-5-16(15-17)22(11-2-1-3-12-22)20(27)25-18-7-9-19(10-8-18)26-14-13-24-21(26)28/h4-10,15H,1-3,11-14H2,(H,24,28)(H,25,27). The van der Waals surface area contributed by atoms with Crippen LogP contribution < -0.4 is 15.5 Å². The maximum absolute atomic E-state index is 13.4. The van der Waals surface area contributed by atoms with Crippen molar-refractivity contribution in [1.82, 2.24) is 5.32 Å². The van der Waals surface area contributed by atoms with E-state index in [1.807, 2.05) is 48.5 Å². The molecular weight excluding hydrogens is 374 g/mol. The summed E-state index contributed by atoms with van der Waals surface area (Å²) >= 11 is 6.21. The molecule has 2 aliphatic rings. The molecule has 2 N–H and O–H groups in total. The molecule has 6 heteroatoms. The normalized spacial score (nSPS) is 18.6. The third-order valence-electron chi connectivity index (χ3n) is 5.81. The summed E-state index contributed by atoms with van der Waals surface area (Å²) in [5, 5.41) is 6.55. The van der Waals surface area contributed by atoms with Crippen LogP contribution in [0.25, 0.3) is 0 Å². The highest BCUT2D eigenvalue weighted by Gasteiger charge is 2.41. The van der Waals surface area contributed by atoms with Crippen molar-refractivity contribution in [2.75, 3.05) is 23.3 Å². The van der Waals surface area contributed by atoms with Gasteiger partial charge in [-0.3, -0.25) is 9.69 Å². The van der Waals surface area contributed by atoms with E-state index >= 15 is 0 Å². The molecule has 2 fully saturated rings. The zero-order chi connectivity index (χ0) is 19.6. The first-order valence-corrected chi connectivity index (χ1v) is 10.2. The van der Waals surface area contributed by atoms with Crippen LogP contribution in [-0.2, 0) is 10.2 Å². The first-order valence-electron chi connectivity index (χ1n) is 9.81. The Balaban J connectivity index is 1.55. The van der Waals surface area contributed by atoms with Crippen molar-refractivity contribution in [2.45, 2.75) is 37.5 Å². The molecule has 1 heterocycles. The van der Waals surface area contributed by atoms with Gasteiger partial charge in [-0.1, -0.05) is 43.0 Å². The Morgan fingerprint density at radius 2 is 1.82 bits per heavy atom. The Hall–Kier alpha value is -2.53. The minimum atomic E-state index is -0.545. The Bertz CT molecular complexity index is 876. The fraction of sp³-hybridized carbons (Fsp3) is 0.364. The number of nitrogens with zero attached hydrogens (tertiary/aromatic N) is 1. The molecule has 1 aliphatic heterocycles. The second-order valence-corrected chi connectivity index (χ2v) is 7.97. The van der Waals surface area contributed by atoms with Gasteiger partial charge in [0.25, 0.3) is 0 Å². The topological polar surface area (TPSA) is 61.4 Å². The highest BCUT2D eigenvalue weighted by molar-refractivity contribution is 6.30. The molecule has 0 atom stereocenters. The lowest BCUT2D eigenvalue weighted by Gasteiger charge is -2.36. The molecular formula is C22H24ClN3O2. The van der Waals surface area contributed by atoms with E-state index in [0.717, 1.165) is 49.0 Å². The molecule has 146 valence electrons. The molecule has 0 unspecified atom stereocenters. The number of nitrogens with one attached hydrogen (secondary N) is 2. The van der Waals surface area contributed by atoms with Gasteiger partial charge in [-0.05, 0) is 54.8 Å². The van der Waals surface area contributed by atoms with Crippen LogP contribution in [0.1, 0.15) is 37.7 Å². The van der Waals surface area contributed by atoms with Crippen molar-refractivity contribution in [1.29, 1.82) is 0 Å². The number of benzene rings is 2. The van der Waals surface area contributed by atoms with Crippen LogP contribution in [0.4, 0.5) is 16.2 Å². The molecule has 0 spiro atoms. The summed E-state index contributed by atoms with van der Waals surface area (Å²) in [6.07, 6.45) is 4.87. The highest BCUT2D eigenvalue weighted by Crippen LogP contribution is 2.41. The number of hydrogen-bond acceptors (Lipinski definition) is 2. The van der Waals surface area contributed by atoms with Crippen molar-refractivity contribution < 1.29 is 9.59 Å². The number of carbonyl (C=O) groups excluding carboxylic acids is 2. The van der Waals surface area contributed by atoms with Crippen molar-refractivity contribution in [3.05, 3.63) is 59.1 Å². The minimum absolute atomic E-state index is 0.0149. The lowest BCUT2D eigenvalue weighted by molar-refractivity contribution is -0.122. The summed E-state index contributed by atoms with van der Waals surface area (Å²) in [7, 11) is 0. The molecule has 5 nitrogen and oxygen atoms in total. The zero-order valence-electron chi connectivity index (χ0n) is 15.7. The number of hydrogen-bond donors (Lipinski definition) is 2. The number of anilines is 2. The van der Waals surface area contributed by atoms with Crippen LogP contribution in [-0.4, -0.2) is 25.0 Å². The first-order chi connectivity index (χ1) is 13.6. The average molecular weight is 398 g/mol. The summed E-state index contributed by atoms with van der Waals surface area (Å²) in [4.78, 5) is 26.9. The zero-order valence-corrected chi connectivity index (χ0v) is 16.5. The maximum Gasteiger partial charge on any atom is 0.321 e. The van der Waals surface area contributed by atoms with Crippen molar-refractivity contribution in [3.63, 3.8) is 0 Å². The van der Waals surface area contributed by atoms with Crippen molar-refractivity contribution >= 4 is 34.9 Å². The van der Waals surface area contributed by atoms with Gasteiger partial charge in [0, 0.05) is 29.5 Å². The second kappa shape index (κ2) is 7.84. The first kappa shape index (κ1) is 18.8. The lowest BCUT2D eigenvalue weighted by Crippen LogP contribution is -2.42. The number of urea groups is 1. The number of carbonyl (C=O) groups is 2. The van der Waals surface area contributed by atoms with Crippen LogP contribution in [0.2, 0.25) is 5.02 Å². The summed E-state index contributed by atoms with van der Waals surface area (Å²) in [6.45, 7) is 1.31. The van der Waals surface area contributed by atoms with Crippen molar-refractivity contribution in [3.8, 4) is 0 Å². The molecule has 4 rings (SSSR count). The SMILES string of the molecule is O=C1NCCN1c1ccc(NC(=O)C2(c3cccc(Cl)c3)CCCCC2)cc1. The van der Waals surface area contributed by atoms with Gasteiger partial charge in [0.05, 0.1) is 5.41 Å². The summed E-state index contributed by atoms with van der Waals surface area (Å²) < 4.78 is 0. The van der Waals surface area contributed by atoms with Gasteiger partial charge in [-0.2, -0.15) is 0 Å². The Kier molecular flexibility index (Phi) is 5.27. The van der Waals surface area contributed by atoms with E-state index < -0.39 is 5.41 Å². The van der Waals surface area contributed by atoms with E-state index in [9.17, 15) is 9.59 Å². The third-order valence-corrected chi connectivity index (χ3v) is 6.05. The molecule has 1 saturated heterocycles. The largest absolute Gasteiger partial charge is 0.336 e. The predicted molar refractivity (Wildman–Crippen MR) is 112 cm³/mol. The van der Waals surface area contributed by atoms with E-state index in [1.54, 1.807) is 4.90 Å². The molecule has 28 heavy (non-hydrogen) atoms. The third kappa shape index (κ3) is 3.59. The van der Waals surface area contributed by atoms with E-state index in [1.165, 1.54) is 0 Å². The molecule has 2 aromatic carbocycles. The van der Waals surface area contributed by atoms with E-state index in [2.05, 4.69) is 10.6 Å². The van der Waals surface area contributed by atoms with Gasteiger partial charge in [-0.25, -0.2) is 4.79 Å². The van der Waals surface area contributed by atoms with Gasteiger partial charge < -0.3 is 10.6 Å². The van der Waals surface area contributed by atoms with E-state index in [-0.39, 0.29) is 11.9 Å². The smallest absolute Gasteiger partial charge is 0.321 e. The van der Waals surface area contributed by atoms with Crippen molar-refractivity contribution in [2.24, 2.45) is 0 Å². The fourth-order valence-corrected chi connectivity index (χ4v) is 4.47. The molecule has 0 aromatic heterocycles. The van der Waals surface area contributed by atoms with Crippen LogP contribution in [0, 0.1) is 0 Å². The van der Waals surface area contributed by atoms with Gasteiger partial charge in [-0.15, -0.1) is 0 Å². The highest BCUT2D eigenvalue weighted by atomic mass is 35.5. The average Bonchev–Trinajstić information content (AvgIpc) is 3.15. The summed E-state index contributed by atoms with van der Waals surface area (Å²) in [5.41, 5.74) is 2.01. The maximum atomic E-state index is 13.4. The van der Waals surface area contributed by atoms with Crippen LogP contribution >= 0.6 is 11.6 Å². The van der Waals surface area contributed by atoms with Crippen LogP contribution in [0.5, 0.6) is 0 Å². The number of amides is 3. The van der Waals surface area contributed by atoms with Gasteiger partial charge in [0.15, 0.2) is 0 Å². The Morgan fingerprint density at radius 1 is 1.07 bits per heavy atom. The quantitative estimate of drug-likeness (QED) is 0.784. The monoisotopic (exact) mass is 397 g/mol. The summed E-state index contributed by atoms with van der Waals surface area (Å²) in [5.74, 6) is 0.0149. The Labute approximate surface area is 170 Å². The molecule has 0 bridgehead atoms. The molecule has 3 amide bonds. The molecule has 1 aliphatic carbocycles. The summed E-state index contributed by atoms with van der Waals surface area (Å²) in [6, 6.07) is 15.0. The van der Waals surface area contributed by atoms with Gasteiger partial charge in [0.2, 0.25) is 5.91 Å². The fourth-order valence-electron chi connectivity index (χ4n) is 4.28. The molecule has 1 saturated carbocycles. The van der Waals surface area contributed by atoms with E-state index in [0.29, 0.717) is 18.1 Å². The molecule has 2 aromatic rings.